The predicted molar refractivity (Wildman–Crippen MR) is 71.2 cm³/mol. The van der Waals surface area contributed by atoms with Gasteiger partial charge in [0.05, 0.1) is 10.6 Å². The van der Waals surface area contributed by atoms with E-state index in [4.69, 9.17) is 11.6 Å². The Kier molecular flexibility index (Phi) is 3.88. The first-order valence-electron chi connectivity index (χ1n) is 5.36. The molecule has 2 aromatic rings. The van der Waals surface area contributed by atoms with Crippen LogP contribution < -0.4 is 5.32 Å². The van der Waals surface area contributed by atoms with Gasteiger partial charge < -0.3 is 0 Å². The first-order chi connectivity index (χ1) is 8.60. The third-order valence-corrected chi connectivity index (χ3v) is 3.52. The smallest absolute Gasteiger partial charge is 0.260 e. The van der Waals surface area contributed by atoms with E-state index in [0.717, 1.165) is 17.1 Å². The number of aromatic nitrogens is 3. The minimum absolute atomic E-state index is 0.327. The molecule has 0 spiro atoms. The van der Waals surface area contributed by atoms with Gasteiger partial charge in [0.25, 0.3) is 5.91 Å². The van der Waals surface area contributed by atoms with Gasteiger partial charge in [-0.3, -0.25) is 15.1 Å². The van der Waals surface area contributed by atoms with E-state index in [9.17, 15) is 4.79 Å². The zero-order valence-corrected chi connectivity index (χ0v) is 11.5. The molecule has 2 rings (SSSR count). The number of nitrogens with zero attached hydrogens (tertiary/aromatic N) is 3. The number of carbonyl (C=O) groups excluding carboxylic acids is 1. The summed E-state index contributed by atoms with van der Waals surface area (Å²) in [5.41, 5.74) is 1.09. The van der Waals surface area contributed by atoms with Crippen LogP contribution in [-0.2, 0) is 6.42 Å². The van der Waals surface area contributed by atoms with Gasteiger partial charge in [0.1, 0.15) is 5.01 Å². The number of nitrogens with one attached hydrogen (secondary N) is 1. The third-order valence-electron chi connectivity index (χ3n) is 2.22. The van der Waals surface area contributed by atoms with Gasteiger partial charge in [-0.1, -0.05) is 29.9 Å². The Bertz CT molecular complexity index is 584. The zero-order chi connectivity index (χ0) is 13.1. The Morgan fingerprint density at radius 3 is 2.89 bits per heavy atom. The Morgan fingerprint density at radius 1 is 1.50 bits per heavy atom. The minimum atomic E-state index is -0.327. The molecule has 0 aliphatic carbocycles. The summed E-state index contributed by atoms with van der Waals surface area (Å²) in [4.78, 5) is 16.0. The average molecular weight is 283 g/mol. The molecule has 94 valence electrons. The van der Waals surface area contributed by atoms with Crippen LogP contribution in [0.1, 0.15) is 28.0 Å². The number of hydrogen-bond acceptors (Lipinski definition) is 5. The van der Waals surface area contributed by atoms with E-state index >= 15 is 0 Å². The monoisotopic (exact) mass is 282 g/mol. The van der Waals surface area contributed by atoms with Crippen molar-refractivity contribution in [2.75, 3.05) is 5.32 Å². The summed E-state index contributed by atoms with van der Waals surface area (Å²) in [6.07, 6.45) is 2.25. The Morgan fingerprint density at radius 2 is 2.28 bits per heavy atom. The van der Waals surface area contributed by atoms with Gasteiger partial charge in [0.15, 0.2) is 0 Å². The number of carbonyl (C=O) groups is 1. The van der Waals surface area contributed by atoms with Gasteiger partial charge >= 0.3 is 0 Å². The van der Waals surface area contributed by atoms with Crippen LogP contribution in [0.25, 0.3) is 0 Å². The van der Waals surface area contributed by atoms with Gasteiger partial charge in [0.2, 0.25) is 5.13 Å². The molecule has 0 radical (unpaired) electrons. The van der Waals surface area contributed by atoms with Crippen molar-refractivity contribution >= 4 is 34.0 Å². The number of aryl methyl sites for hydroxylation is 2. The van der Waals surface area contributed by atoms with Crippen molar-refractivity contribution in [3.05, 3.63) is 33.6 Å². The van der Waals surface area contributed by atoms with Crippen LogP contribution in [-0.4, -0.2) is 21.1 Å². The number of pyridine rings is 1. The summed E-state index contributed by atoms with van der Waals surface area (Å²) < 4.78 is 0. The number of rotatable bonds is 3. The van der Waals surface area contributed by atoms with E-state index in [0.29, 0.717) is 15.7 Å². The van der Waals surface area contributed by atoms with Gasteiger partial charge in [-0.15, -0.1) is 10.2 Å². The molecule has 0 fully saturated rings. The summed E-state index contributed by atoms with van der Waals surface area (Å²) in [5.74, 6) is -0.327. The highest BCUT2D eigenvalue weighted by atomic mass is 35.5. The largest absolute Gasteiger partial charge is 0.296 e. The van der Waals surface area contributed by atoms with Crippen molar-refractivity contribution in [1.29, 1.82) is 0 Å². The molecule has 0 aromatic carbocycles. The summed E-state index contributed by atoms with van der Waals surface area (Å²) in [7, 11) is 0. The second-order valence-electron chi connectivity index (χ2n) is 3.61. The molecule has 1 N–H and O–H groups in total. The maximum Gasteiger partial charge on any atom is 0.260 e. The second-order valence-corrected chi connectivity index (χ2v) is 5.08. The molecule has 0 saturated heterocycles. The van der Waals surface area contributed by atoms with Crippen LogP contribution in [0, 0.1) is 6.92 Å². The van der Waals surface area contributed by atoms with E-state index < -0.39 is 0 Å². The molecular weight excluding hydrogens is 272 g/mol. The van der Waals surface area contributed by atoms with E-state index in [-0.39, 0.29) is 5.91 Å². The lowest BCUT2D eigenvalue weighted by Gasteiger charge is -2.03. The highest BCUT2D eigenvalue weighted by Gasteiger charge is 2.13. The summed E-state index contributed by atoms with van der Waals surface area (Å²) >= 11 is 7.34. The molecule has 0 atom stereocenters. The summed E-state index contributed by atoms with van der Waals surface area (Å²) in [6.45, 7) is 3.79. The molecule has 0 unspecified atom stereocenters. The normalized spacial score (nSPS) is 10.4. The van der Waals surface area contributed by atoms with E-state index in [1.807, 2.05) is 13.8 Å². The Hall–Kier alpha value is -1.53. The van der Waals surface area contributed by atoms with Crippen molar-refractivity contribution < 1.29 is 4.79 Å². The van der Waals surface area contributed by atoms with Crippen molar-refractivity contribution in [2.45, 2.75) is 20.3 Å². The number of amides is 1. The SMILES string of the molecule is CCc1nnc(NC(=O)c2cnc(C)cc2Cl)s1. The first-order valence-corrected chi connectivity index (χ1v) is 6.55. The predicted octanol–water partition coefficient (Wildman–Crippen LogP) is 2.71. The average Bonchev–Trinajstić information content (AvgIpc) is 2.76. The maximum absolute atomic E-state index is 11.9. The fraction of sp³-hybridized carbons (Fsp3) is 0.273. The van der Waals surface area contributed by atoms with Crippen LogP contribution in [0.4, 0.5) is 5.13 Å². The van der Waals surface area contributed by atoms with Crippen LogP contribution in [0.3, 0.4) is 0 Å². The van der Waals surface area contributed by atoms with Crippen LogP contribution in [0.5, 0.6) is 0 Å². The van der Waals surface area contributed by atoms with E-state index in [2.05, 4.69) is 20.5 Å². The van der Waals surface area contributed by atoms with Gasteiger partial charge in [-0.2, -0.15) is 0 Å². The third kappa shape index (κ3) is 2.83. The standard InChI is InChI=1S/C11H11ClN4OS/c1-3-9-15-16-11(18-9)14-10(17)7-5-13-6(2)4-8(7)12/h4-5H,3H2,1-2H3,(H,14,16,17). The first kappa shape index (κ1) is 12.9. The summed E-state index contributed by atoms with van der Waals surface area (Å²) in [5, 5.41) is 12.2. The van der Waals surface area contributed by atoms with Gasteiger partial charge in [-0.05, 0) is 19.4 Å². The van der Waals surface area contributed by atoms with Crippen LogP contribution in [0.2, 0.25) is 5.02 Å². The molecule has 0 bridgehead atoms. The lowest BCUT2D eigenvalue weighted by molar-refractivity contribution is 0.102. The maximum atomic E-state index is 11.9. The molecule has 7 heteroatoms. The van der Waals surface area contributed by atoms with Crippen molar-refractivity contribution in [3.8, 4) is 0 Å². The van der Waals surface area contributed by atoms with Crippen LogP contribution >= 0.6 is 22.9 Å². The zero-order valence-electron chi connectivity index (χ0n) is 9.90. The van der Waals surface area contributed by atoms with E-state index in [1.54, 1.807) is 6.07 Å². The van der Waals surface area contributed by atoms with Crippen molar-refractivity contribution in [3.63, 3.8) is 0 Å². The molecule has 1 amide bonds. The topological polar surface area (TPSA) is 67.8 Å². The fourth-order valence-electron chi connectivity index (χ4n) is 1.30. The molecule has 0 aliphatic heterocycles. The molecule has 0 saturated carbocycles. The quantitative estimate of drug-likeness (QED) is 0.940. The minimum Gasteiger partial charge on any atom is -0.296 e. The summed E-state index contributed by atoms with van der Waals surface area (Å²) in [6, 6.07) is 1.65. The number of halogens is 1. The second kappa shape index (κ2) is 5.41. The lowest BCUT2D eigenvalue weighted by atomic mass is 10.2. The van der Waals surface area contributed by atoms with Gasteiger partial charge in [-0.25, -0.2) is 0 Å². The highest BCUT2D eigenvalue weighted by molar-refractivity contribution is 7.15. The Labute approximate surface area is 113 Å². The molecule has 2 aromatic heterocycles. The lowest BCUT2D eigenvalue weighted by Crippen LogP contribution is -2.12. The van der Waals surface area contributed by atoms with Crippen molar-refractivity contribution in [2.24, 2.45) is 0 Å². The van der Waals surface area contributed by atoms with E-state index in [1.165, 1.54) is 17.5 Å². The van der Waals surface area contributed by atoms with Crippen LogP contribution in [0.15, 0.2) is 12.3 Å². The molecule has 18 heavy (non-hydrogen) atoms. The molecule has 2 heterocycles. The molecule has 5 nitrogen and oxygen atoms in total. The number of hydrogen-bond donors (Lipinski definition) is 1. The molecular formula is C11H11ClN4OS. The van der Waals surface area contributed by atoms with Crippen molar-refractivity contribution in [1.82, 2.24) is 15.2 Å². The fourth-order valence-corrected chi connectivity index (χ4v) is 2.27. The number of anilines is 1. The molecule has 0 aliphatic rings. The van der Waals surface area contributed by atoms with Gasteiger partial charge in [0, 0.05) is 11.9 Å². The Balaban J connectivity index is 2.16. The highest BCUT2D eigenvalue weighted by Crippen LogP contribution is 2.20.